The first-order valence-corrected chi connectivity index (χ1v) is 5.74. The van der Waals surface area contributed by atoms with Gasteiger partial charge in [0.2, 0.25) is 5.88 Å². The number of ether oxygens (including phenoxy) is 1. The van der Waals surface area contributed by atoms with Crippen molar-refractivity contribution in [3.63, 3.8) is 0 Å². The Bertz CT molecular complexity index is 567. The van der Waals surface area contributed by atoms with Crippen molar-refractivity contribution in [3.05, 3.63) is 53.7 Å². The predicted octanol–water partition coefficient (Wildman–Crippen LogP) is 1.83. The molecule has 0 spiro atoms. The van der Waals surface area contributed by atoms with Crippen molar-refractivity contribution < 1.29 is 14.6 Å². The first-order chi connectivity index (χ1) is 9.22. The number of nitrogens with one attached hydrogen (secondary N) is 1. The monoisotopic (exact) mass is 258 g/mol. The Kier molecular flexibility index (Phi) is 4.10. The van der Waals surface area contributed by atoms with Crippen LogP contribution in [-0.2, 0) is 6.61 Å². The number of methoxy groups -OCH3 is 1. The molecule has 98 valence electrons. The van der Waals surface area contributed by atoms with Gasteiger partial charge in [0.1, 0.15) is 0 Å². The van der Waals surface area contributed by atoms with Gasteiger partial charge in [-0.05, 0) is 23.8 Å². The molecule has 0 radical (unpaired) electrons. The van der Waals surface area contributed by atoms with E-state index in [1.807, 2.05) is 0 Å². The van der Waals surface area contributed by atoms with Crippen LogP contribution in [0.4, 0.5) is 5.69 Å². The fraction of sp³-hybridized carbons (Fsp3) is 0.143. The molecule has 0 atom stereocenters. The van der Waals surface area contributed by atoms with Crippen LogP contribution in [-0.4, -0.2) is 23.1 Å². The lowest BCUT2D eigenvalue weighted by atomic mass is 10.2. The first-order valence-electron chi connectivity index (χ1n) is 5.74. The van der Waals surface area contributed by atoms with E-state index in [0.717, 1.165) is 5.56 Å². The van der Waals surface area contributed by atoms with Crippen molar-refractivity contribution >= 4 is 11.6 Å². The second-order valence-electron chi connectivity index (χ2n) is 3.90. The molecule has 5 nitrogen and oxygen atoms in total. The highest BCUT2D eigenvalue weighted by molar-refractivity contribution is 6.04. The van der Waals surface area contributed by atoms with E-state index >= 15 is 0 Å². The summed E-state index contributed by atoms with van der Waals surface area (Å²) in [5, 5.41) is 11.8. The molecule has 19 heavy (non-hydrogen) atoms. The van der Waals surface area contributed by atoms with Gasteiger partial charge in [0.15, 0.2) is 0 Å². The van der Waals surface area contributed by atoms with E-state index in [2.05, 4.69) is 10.3 Å². The molecular formula is C14H14N2O3. The highest BCUT2D eigenvalue weighted by Gasteiger charge is 2.07. The van der Waals surface area contributed by atoms with E-state index in [1.54, 1.807) is 36.4 Å². The summed E-state index contributed by atoms with van der Waals surface area (Å²) in [5.74, 6) is 0.198. The Morgan fingerprint density at radius 3 is 2.84 bits per heavy atom. The largest absolute Gasteiger partial charge is 0.481 e. The van der Waals surface area contributed by atoms with Crippen LogP contribution >= 0.6 is 0 Å². The molecule has 0 unspecified atom stereocenters. The third-order valence-corrected chi connectivity index (χ3v) is 2.58. The number of aliphatic hydroxyl groups is 1. The number of pyridine rings is 1. The summed E-state index contributed by atoms with van der Waals surface area (Å²) >= 11 is 0. The Morgan fingerprint density at radius 1 is 1.37 bits per heavy atom. The number of carbonyl (C=O) groups is 1. The van der Waals surface area contributed by atoms with Gasteiger partial charge < -0.3 is 15.2 Å². The maximum Gasteiger partial charge on any atom is 0.257 e. The predicted molar refractivity (Wildman–Crippen MR) is 71.1 cm³/mol. The normalized spacial score (nSPS) is 10.0. The van der Waals surface area contributed by atoms with Gasteiger partial charge in [-0.2, -0.15) is 0 Å². The number of anilines is 1. The van der Waals surface area contributed by atoms with Crippen LogP contribution in [0.25, 0.3) is 0 Å². The Labute approximate surface area is 110 Å². The fourth-order valence-corrected chi connectivity index (χ4v) is 1.59. The van der Waals surface area contributed by atoms with E-state index < -0.39 is 0 Å². The minimum atomic E-state index is -0.259. The van der Waals surface area contributed by atoms with Crippen molar-refractivity contribution in [2.45, 2.75) is 6.61 Å². The number of nitrogens with zero attached hydrogens (tertiary/aromatic N) is 1. The van der Waals surface area contributed by atoms with Gasteiger partial charge in [-0.3, -0.25) is 4.79 Å². The average molecular weight is 258 g/mol. The summed E-state index contributed by atoms with van der Waals surface area (Å²) in [4.78, 5) is 15.9. The smallest absolute Gasteiger partial charge is 0.257 e. The molecule has 5 heteroatoms. The van der Waals surface area contributed by atoms with E-state index in [4.69, 9.17) is 9.84 Å². The topological polar surface area (TPSA) is 71.5 Å². The number of aromatic nitrogens is 1. The van der Waals surface area contributed by atoms with Crippen LogP contribution in [0, 0.1) is 0 Å². The molecule has 2 rings (SSSR count). The van der Waals surface area contributed by atoms with Crippen molar-refractivity contribution in [2.24, 2.45) is 0 Å². The van der Waals surface area contributed by atoms with E-state index in [-0.39, 0.29) is 12.5 Å². The lowest BCUT2D eigenvalue weighted by Gasteiger charge is -2.06. The number of carbonyl (C=O) groups excluding carboxylic acids is 1. The molecule has 2 aromatic rings. The van der Waals surface area contributed by atoms with Crippen LogP contribution < -0.4 is 10.1 Å². The molecule has 0 aliphatic heterocycles. The lowest BCUT2D eigenvalue weighted by Crippen LogP contribution is -2.12. The second-order valence-corrected chi connectivity index (χ2v) is 3.90. The molecular weight excluding hydrogens is 244 g/mol. The van der Waals surface area contributed by atoms with Gasteiger partial charge in [0.25, 0.3) is 5.91 Å². The van der Waals surface area contributed by atoms with E-state index in [0.29, 0.717) is 17.1 Å². The molecule has 0 aliphatic carbocycles. The maximum atomic E-state index is 12.0. The van der Waals surface area contributed by atoms with E-state index in [1.165, 1.54) is 13.3 Å². The Hall–Kier alpha value is -2.40. The van der Waals surface area contributed by atoms with Crippen LogP contribution in [0.2, 0.25) is 0 Å². The van der Waals surface area contributed by atoms with Gasteiger partial charge in [0, 0.05) is 18.0 Å². The van der Waals surface area contributed by atoms with Crippen molar-refractivity contribution in [3.8, 4) is 5.88 Å². The highest BCUT2D eigenvalue weighted by atomic mass is 16.5. The molecule has 0 aliphatic rings. The highest BCUT2D eigenvalue weighted by Crippen LogP contribution is 2.13. The van der Waals surface area contributed by atoms with Crippen LogP contribution in [0.5, 0.6) is 5.88 Å². The SMILES string of the molecule is COc1ccc(C(=O)Nc2cccc(CO)c2)cn1. The molecule has 1 heterocycles. The average Bonchev–Trinajstić information content (AvgIpc) is 2.47. The van der Waals surface area contributed by atoms with Gasteiger partial charge in [-0.1, -0.05) is 12.1 Å². The maximum absolute atomic E-state index is 12.0. The summed E-state index contributed by atoms with van der Waals surface area (Å²) < 4.78 is 4.93. The Balaban J connectivity index is 2.11. The second kappa shape index (κ2) is 5.97. The fourth-order valence-electron chi connectivity index (χ4n) is 1.59. The summed E-state index contributed by atoms with van der Waals surface area (Å²) in [6.07, 6.45) is 1.45. The molecule has 1 amide bonds. The summed E-state index contributed by atoms with van der Waals surface area (Å²) in [7, 11) is 1.52. The third kappa shape index (κ3) is 3.29. The summed E-state index contributed by atoms with van der Waals surface area (Å²) in [5.41, 5.74) is 1.81. The number of rotatable bonds is 4. The Morgan fingerprint density at radius 2 is 2.21 bits per heavy atom. The molecule has 0 saturated carbocycles. The number of amides is 1. The molecule has 1 aromatic carbocycles. The first kappa shape index (κ1) is 13.0. The number of aliphatic hydroxyl groups excluding tert-OH is 1. The van der Waals surface area contributed by atoms with Crippen LogP contribution in [0.3, 0.4) is 0 Å². The quantitative estimate of drug-likeness (QED) is 0.877. The van der Waals surface area contributed by atoms with Gasteiger partial charge >= 0.3 is 0 Å². The minimum absolute atomic E-state index is 0.0617. The molecule has 0 saturated heterocycles. The van der Waals surface area contributed by atoms with Crippen molar-refractivity contribution in [1.82, 2.24) is 4.98 Å². The van der Waals surface area contributed by atoms with E-state index in [9.17, 15) is 4.79 Å². The summed E-state index contributed by atoms with van der Waals surface area (Å²) in [6, 6.07) is 10.3. The zero-order valence-electron chi connectivity index (χ0n) is 10.5. The summed E-state index contributed by atoms with van der Waals surface area (Å²) in [6.45, 7) is -0.0617. The molecule has 0 fully saturated rings. The number of benzene rings is 1. The lowest BCUT2D eigenvalue weighted by molar-refractivity contribution is 0.102. The van der Waals surface area contributed by atoms with Crippen molar-refractivity contribution in [1.29, 1.82) is 0 Å². The zero-order valence-corrected chi connectivity index (χ0v) is 10.5. The molecule has 0 bridgehead atoms. The molecule has 1 aromatic heterocycles. The van der Waals surface area contributed by atoms with Crippen LogP contribution in [0.1, 0.15) is 15.9 Å². The van der Waals surface area contributed by atoms with Gasteiger partial charge in [-0.25, -0.2) is 4.98 Å². The standard InChI is InChI=1S/C14H14N2O3/c1-19-13-6-5-11(8-15-13)14(18)16-12-4-2-3-10(7-12)9-17/h2-8,17H,9H2,1H3,(H,16,18). The molecule has 2 N–H and O–H groups in total. The van der Waals surface area contributed by atoms with Crippen LogP contribution in [0.15, 0.2) is 42.6 Å². The van der Waals surface area contributed by atoms with Gasteiger partial charge in [-0.15, -0.1) is 0 Å². The van der Waals surface area contributed by atoms with Gasteiger partial charge in [0.05, 0.1) is 19.3 Å². The minimum Gasteiger partial charge on any atom is -0.481 e. The third-order valence-electron chi connectivity index (χ3n) is 2.58. The number of hydrogen-bond acceptors (Lipinski definition) is 4. The zero-order chi connectivity index (χ0) is 13.7. The van der Waals surface area contributed by atoms with Crippen molar-refractivity contribution in [2.75, 3.05) is 12.4 Å². The number of hydrogen-bond donors (Lipinski definition) is 2.